The van der Waals surface area contributed by atoms with E-state index in [-0.39, 0.29) is 0 Å². The van der Waals surface area contributed by atoms with Gasteiger partial charge in [0, 0.05) is 60.4 Å². The molecule has 2 aliphatic rings. The Morgan fingerprint density at radius 3 is 1.31 bits per heavy atom. The zero-order chi connectivity index (χ0) is 47.6. The molecule has 2 aromatic carbocycles. The van der Waals surface area contributed by atoms with E-state index in [2.05, 4.69) is 75.2 Å². The van der Waals surface area contributed by atoms with Gasteiger partial charge >= 0.3 is 0 Å². The molecule has 0 spiro atoms. The minimum absolute atomic E-state index is 0.360. The Balaban J connectivity index is 0.000000152. The first kappa shape index (κ1) is 44.5. The number of nitrogens with one attached hydrogen (secondary N) is 2. The summed E-state index contributed by atoms with van der Waals surface area (Å²) in [6, 6.07) is 24.6. The Morgan fingerprint density at radius 2 is 0.886 bits per heavy atom. The van der Waals surface area contributed by atoms with E-state index in [9.17, 15) is 0 Å². The van der Waals surface area contributed by atoms with Crippen molar-refractivity contribution < 1.29 is 9.47 Å². The van der Waals surface area contributed by atoms with Gasteiger partial charge in [0.05, 0.1) is 0 Å². The minimum atomic E-state index is 0.360. The third-order valence-corrected chi connectivity index (χ3v) is 13.7. The van der Waals surface area contributed by atoms with Gasteiger partial charge in [-0.3, -0.25) is 0 Å². The number of aromatic nitrogens is 12. The van der Waals surface area contributed by atoms with Crippen molar-refractivity contribution in [3.8, 4) is 23.0 Å². The fourth-order valence-corrected chi connectivity index (χ4v) is 9.89. The summed E-state index contributed by atoms with van der Waals surface area (Å²) in [6.45, 7) is 4.06. The van der Waals surface area contributed by atoms with Crippen LogP contribution < -0.4 is 31.6 Å². The zero-order valence-corrected chi connectivity index (χ0v) is 39.3. The van der Waals surface area contributed by atoms with Crippen LogP contribution in [0.25, 0.3) is 22.3 Å². The van der Waals surface area contributed by atoms with Crippen molar-refractivity contribution in [3.05, 3.63) is 145 Å². The quantitative estimate of drug-likeness (QED) is 0.0898. The van der Waals surface area contributed by atoms with Gasteiger partial charge < -0.3 is 31.6 Å². The first-order valence-corrected chi connectivity index (χ1v) is 24.1. The van der Waals surface area contributed by atoms with Crippen molar-refractivity contribution in [2.24, 2.45) is 23.3 Å². The van der Waals surface area contributed by atoms with Crippen molar-refractivity contribution in [2.45, 2.75) is 90.1 Å². The molecule has 18 heteroatoms. The number of pyridine rings is 2. The zero-order valence-electron chi connectivity index (χ0n) is 39.3. The topological polar surface area (TPSA) is 215 Å². The van der Waals surface area contributed by atoms with Crippen LogP contribution >= 0.6 is 0 Å². The van der Waals surface area contributed by atoms with E-state index in [1.165, 1.54) is 49.5 Å². The SMILES string of the molecule is Cc1cc(Nc2ncnn3ccc(CC4CCC(N)CC4)c23)ccc1Oc1ccn2ncnc2c1.Cc1cc(Nc2ncnn3ccc(CC4CCC(N)CC4)c23)ccc1Oc1ccn2ncnc2c1. The maximum absolute atomic E-state index is 6.11. The number of hydrogen-bond donors (Lipinski definition) is 4. The highest BCUT2D eigenvalue weighted by Crippen LogP contribution is 2.35. The van der Waals surface area contributed by atoms with Crippen LogP contribution in [0, 0.1) is 25.7 Å². The van der Waals surface area contributed by atoms with Gasteiger partial charge in [-0.15, -0.1) is 0 Å². The van der Waals surface area contributed by atoms with Gasteiger partial charge in [-0.1, -0.05) is 0 Å². The number of hydrogen-bond acceptors (Lipinski definition) is 14. The highest BCUT2D eigenvalue weighted by atomic mass is 16.5. The summed E-state index contributed by atoms with van der Waals surface area (Å²) in [7, 11) is 0. The number of rotatable bonds is 12. The predicted molar refractivity (Wildman–Crippen MR) is 268 cm³/mol. The van der Waals surface area contributed by atoms with E-state index in [0.29, 0.717) is 35.4 Å². The Hall–Kier alpha value is -7.96. The highest BCUT2D eigenvalue weighted by molar-refractivity contribution is 5.78. The molecule has 0 aliphatic heterocycles. The van der Waals surface area contributed by atoms with Gasteiger partial charge in [0.25, 0.3) is 0 Å². The first-order chi connectivity index (χ1) is 34.2. The van der Waals surface area contributed by atoms with Crippen LogP contribution in [0.4, 0.5) is 23.0 Å². The van der Waals surface area contributed by atoms with E-state index in [1.54, 1.807) is 21.7 Å². The number of anilines is 4. The summed E-state index contributed by atoms with van der Waals surface area (Å²) in [5.74, 6) is 5.92. The highest BCUT2D eigenvalue weighted by Gasteiger charge is 2.23. The van der Waals surface area contributed by atoms with Crippen molar-refractivity contribution in [2.75, 3.05) is 10.6 Å². The molecule has 2 aliphatic carbocycles. The van der Waals surface area contributed by atoms with Crippen LogP contribution in [0.5, 0.6) is 23.0 Å². The number of fused-ring (bicyclic) bond motifs is 4. The molecule has 356 valence electrons. The molecule has 0 amide bonds. The summed E-state index contributed by atoms with van der Waals surface area (Å²) >= 11 is 0. The summed E-state index contributed by atoms with van der Waals surface area (Å²) < 4.78 is 19.4. The molecule has 2 saturated carbocycles. The molecule has 0 radical (unpaired) electrons. The molecule has 18 nitrogen and oxygen atoms in total. The van der Waals surface area contributed by atoms with Crippen molar-refractivity contribution in [1.82, 2.24) is 58.4 Å². The average Bonchev–Trinajstić information content (AvgIpc) is 4.20. The number of ether oxygens (including phenoxy) is 2. The lowest BCUT2D eigenvalue weighted by atomic mass is 9.83. The van der Waals surface area contributed by atoms with Gasteiger partial charge in [-0.25, -0.2) is 38.0 Å². The lowest BCUT2D eigenvalue weighted by Crippen LogP contribution is -2.27. The van der Waals surface area contributed by atoms with E-state index >= 15 is 0 Å². The number of nitrogens with two attached hydrogens (primary N) is 2. The number of aryl methyl sites for hydroxylation is 2. The summed E-state index contributed by atoms with van der Waals surface area (Å²) in [5, 5.41) is 24.1. The normalized spacial score (nSPS) is 18.2. The molecule has 0 unspecified atom stereocenters. The molecule has 6 N–H and O–H groups in total. The van der Waals surface area contributed by atoms with Crippen molar-refractivity contribution in [1.29, 1.82) is 0 Å². The Kier molecular flexibility index (Phi) is 12.5. The van der Waals surface area contributed by atoms with E-state index in [1.807, 2.05) is 96.2 Å². The van der Waals surface area contributed by atoms with Gasteiger partial charge in [0.2, 0.25) is 0 Å². The lowest BCUT2D eigenvalue weighted by Gasteiger charge is -2.25. The van der Waals surface area contributed by atoms with Crippen molar-refractivity contribution >= 4 is 45.3 Å². The van der Waals surface area contributed by atoms with Crippen LogP contribution in [-0.2, 0) is 12.8 Å². The number of nitrogens with zero attached hydrogens (tertiary/aromatic N) is 12. The summed E-state index contributed by atoms with van der Waals surface area (Å²) in [6.07, 6.45) is 25.1. The third kappa shape index (κ3) is 9.81. The predicted octanol–water partition coefficient (Wildman–Crippen LogP) is 9.35. The van der Waals surface area contributed by atoms with Crippen LogP contribution in [0.2, 0.25) is 0 Å². The monoisotopic (exact) mass is 936 g/mol. The fourth-order valence-electron chi connectivity index (χ4n) is 9.89. The van der Waals surface area contributed by atoms with Crippen LogP contribution in [0.3, 0.4) is 0 Å². The van der Waals surface area contributed by atoms with Crippen LogP contribution in [0.1, 0.15) is 73.6 Å². The maximum atomic E-state index is 6.11. The molecule has 12 rings (SSSR count). The van der Waals surface area contributed by atoms with Crippen molar-refractivity contribution in [3.63, 3.8) is 0 Å². The maximum Gasteiger partial charge on any atom is 0.158 e. The molecule has 2 fully saturated rings. The third-order valence-electron chi connectivity index (χ3n) is 13.7. The van der Waals surface area contributed by atoms with Crippen LogP contribution in [-0.4, -0.2) is 70.5 Å². The van der Waals surface area contributed by atoms with E-state index in [4.69, 9.17) is 20.9 Å². The molecule has 8 heterocycles. The number of benzene rings is 2. The van der Waals surface area contributed by atoms with Gasteiger partial charge in [0.1, 0.15) is 59.3 Å². The molecule has 10 aromatic rings. The molecule has 0 saturated heterocycles. The molecular formula is C52H56N16O2. The molecular weight excluding hydrogens is 881 g/mol. The Bertz CT molecular complexity index is 3190. The summed E-state index contributed by atoms with van der Waals surface area (Å²) in [4.78, 5) is 17.6. The second-order valence-electron chi connectivity index (χ2n) is 18.7. The largest absolute Gasteiger partial charge is 0.457 e. The van der Waals surface area contributed by atoms with Crippen LogP contribution in [0.15, 0.2) is 123 Å². The Labute approximate surface area is 404 Å². The van der Waals surface area contributed by atoms with Gasteiger partial charge in [-0.2, -0.15) is 20.4 Å². The second-order valence-corrected chi connectivity index (χ2v) is 18.7. The molecule has 0 atom stereocenters. The lowest BCUT2D eigenvalue weighted by molar-refractivity contribution is 0.325. The molecule has 0 bridgehead atoms. The average molecular weight is 937 g/mol. The Morgan fingerprint density at radius 1 is 0.486 bits per heavy atom. The molecule has 70 heavy (non-hydrogen) atoms. The summed E-state index contributed by atoms with van der Waals surface area (Å²) in [5.41, 5.74) is 22.2. The van der Waals surface area contributed by atoms with Gasteiger partial charge in [0.15, 0.2) is 22.9 Å². The second kappa shape index (κ2) is 19.6. The minimum Gasteiger partial charge on any atom is -0.457 e. The first-order valence-electron chi connectivity index (χ1n) is 24.1. The van der Waals surface area contributed by atoms with Gasteiger partial charge in [-0.05, 0) is 173 Å². The van der Waals surface area contributed by atoms with E-state index < -0.39 is 0 Å². The molecule has 8 aromatic heterocycles. The fraction of sp³-hybridized carbons (Fsp3) is 0.308. The standard InChI is InChI=1S/2C26H28N8O/c2*1-17-12-21(6-7-23(17)35-22-9-11-33-24(14-22)28-15-30-33)32-26-25-19(8-10-34(25)31-16-29-26)13-18-2-4-20(27)5-3-18/h2*6-12,14-16,18,20H,2-5,13,27H2,1H3,(H,29,31,32). The smallest absolute Gasteiger partial charge is 0.158 e. The van der Waals surface area contributed by atoms with E-state index in [0.717, 1.165) is 106 Å².